The van der Waals surface area contributed by atoms with Crippen LogP contribution in [0.5, 0.6) is 5.75 Å². The number of ether oxygens (including phenoxy) is 1. The van der Waals surface area contributed by atoms with E-state index in [0.717, 1.165) is 17.7 Å². The predicted octanol–water partition coefficient (Wildman–Crippen LogP) is 5.54. The van der Waals surface area contributed by atoms with Crippen molar-refractivity contribution in [1.82, 2.24) is 5.32 Å². The average Bonchev–Trinajstić information content (AvgIpc) is 3.40. The quantitative estimate of drug-likeness (QED) is 0.273. The van der Waals surface area contributed by atoms with Gasteiger partial charge in [0.05, 0.1) is 5.92 Å². The molecule has 4 aliphatic carbocycles. The molecular formula is C34H41NO4. The molecule has 7 aliphatic rings. The first-order chi connectivity index (χ1) is 18.5. The molecule has 3 aliphatic heterocycles. The number of amides is 2. The maximum Gasteiger partial charge on any atom is 0.237 e. The van der Waals surface area contributed by atoms with E-state index in [9.17, 15) is 9.59 Å². The SMILES string of the molecule is CC1=C[C@@]2(C)C(=C(C)[C@H]3[C@@H]4C[C@H](C)C[C@H](C)[C@H]4[C@H]4Oc5ccc(cc5)C[C@@H]5C(=O)NC(=O)[C@H]5C(=O)[C@H]2[C@@H]43)[C@H]1C. The zero-order valence-electron chi connectivity index (χ0n) is 24.0. The van der Waals surface area contributed by atoms with Crippen LogP contribution < -0.4 is 10.1 Å². The highest BCUT2D eigenvalue weighted by Crippen LogP contribution is 2.67. The molecule has 2 saturated carbocycles. The monoisotopic (exact) mass is 527 g/mol. The van der Waals surface area contributed by atoms with Crippen molar-refractivity contribution in [2.75, 3.05) is 0 Å². The van der Waals surface area contributed by atoms with Crippen LogP contribution in [0, 0.1) is 64.6 Å². The van der Waals surface area contributed by atoms with Crippen molar-refractivity contribution in [3.63, 3.8) is 0 Å². The van der Waals surface area contributed by atoms with Crippen molar-refractivity contribution in [2.24, 2.45) is 64.6 Å². The Morgan fingerprint density at radius 1 is 0.949 bits per heavy atom. The van der Waals surface area contributed by atoms with Gasteiger partial charge in [0, 0.05) is 23.2 Å². The van der Waals surface area contributed by atoms with Gasteiger partial charge in [0.15, 0.2) is 5.78 Å². The smallest absolute Gasteiger partial charge is 0.237 e. The summed E-state index contributed by atoms with van der Waals surface area (Å²) in [6, 6.07) is 8.05. The molecule has 0 spiro atoms. The van der Waals surface area contributed by atoms with Crippen molar-refractivity contribution >= 4 is 17.6 Å². The molecular weight excluding hydrogens is 486 g/mol. The minimum absolute atomic E-state index is 0.0356. The van der Waals surface area contributed by atoms with E-state index in [1.165, 1.54) is 23.1 Å². The Labute approximate surface area is 231 Å². The van der Waals surface area contributed by atoms with Gasteiger partial charge in [-0.25, -0.2) is 0 Å². The van der Waals surface area contributed by atoms with Crippen LogP contribution in [0.4, 0.5) is 0 Å². The number of rotatable bonds is 0. The highest BCUT2D eigenvalue weighted by molar-refractivity contribution is 6.16. The van der Waals surface area contributed by atoms with Crippen molar-refractivity contribution in [1.29, 1.82) is 0 Å². The average molecular weight is 528 g/mol. The van der Waals surface area contributed by atoms with E-state index in [4.69, 9.17) is 4.74 Å². The molecule has 2 bridgehead atoms. The summed E-state index contributed by atoms with van der Waals surface area (Å²) >= 11 is 0. The number of benzene rings is 1. The predicted molar refractivity (Wildman–Crippen MR) is 148 cm³/mol. The Morgan fingerprint density at radius 2 is 1.67 bits per heavy atom. The molecule has 3 heterocycles. The molecule has 1 aromatic rings. The van der Waals surface area contributed by atoms with Crippen molar-refractivity contribution < 1.29 is 19.1 Å². The van der Waals surface area contributed by atoms with Crippen LogP contribution in [0.15, 0.2) is 47.1 Å². The van der Waals surface area contributed by atoms with Gasteiger partial charge >= 0.3 is 0 Å². The second-order valence-corrected chi connectivity index (χ2v) is 14.1. The summed E-state index contributed by atoms with van der Waals surface area (Å²) in [5.41, 5.74) is 4.58. The second-order valence-electron chi connectivity index (χ2n) is 14.1. The van der Waals surface area contributed by atoms with E-state index in [-0.39, 0.29) is 35.5 Å². The Kier molecular flexibility index (Phi) is 5.45. The van der Waals surface area contributed by atoms with Gasteiger partial charge in [-0.05, 0) is 80.4 Å². The Bertz CT molecular complexity index is 1340. The topological polar surface area (TPSA) is 72.5 Å². The van der Waals surface area contributed by atoms with Gasteiger partial charge in [-0.2, -0.15) is 0 Å². The zero-order valence-corrected chi connectivity index (χ0v) is 24.0. The first-order valence-electron chi connectivity index (χ1n) is 15.1. The van der Waals surface area contributed by atoms with Crippen LogP contribution in [0.1, 0.15) is 59.9 Å². The minimum Gasteiger partial charge on any atom is -0.490 e. The fraction of sp³-hybridized carbons (Fsp3) is 0.618. The third-order valence-corrected chi connectivity index (χ3v) is 11.9. The largest absolute Gasteiger partial charge is 0.490 e. The van der Waals surface area contributed by atoms with Gasteiger partial charge in [-0.3, -0.25) is 19.7 Å². The molecule has 1 aromatic carbocycles. The lowest BCUT2D eigenvalue weighted by atomic mass is 9.53. The molecule has 39 heavy (non-hydrogen) atoms. The number of fused-ring (bicyclic) bond motifs is 5. The maximum absolute atomic E-state index is 15.0. The van der Waals surface area contributed by atoms with Crippen LogP contribution in [-0.2, 0) is 20.8 Å². The lowest BCUT2D eigenvalue weighted by Gasteiger charge is -2.49. The molecule has 2 amide bonds. The lowest BCUT2D eigenvalue weighted by molar-refractivity contribution is -0.141. The summed E-state index contributed by atoms with van der Waals surface area (Å²) in [4.78, 5) is 41.5. The molecule has 12 atom stereocenters. The first kappa shape index (κ1) is 25.3. The van der Waals surface area contributed by atoms with Crippen LogP contribution in [0.25, 0.3) is 0 Å². The van der Waals surface area contributed by atoms with E-state index in [1.807, 2.05) is 24.3 Å². The van der Waals surface area contributed by atoms with Gasteiger partial charge in [0.2, 0.25) is 11.8 Å². The minimum atomic E-state index is -0.956. The number of ketones is 1. The number of Topliss-reactive ketones (excluding diaryl/α,β-unsaturated/α-hetero) is 1. The molecule has 3 fully saturated rings. The van der Waals surface area contributed by atoms with Crippen LogP contribution >= 0.6 is 0 Å². The van der Waals surface area contributed by atoms with Crippen LogP contribution in [-0.4, -0.2) is 23.7 Å². The molecule has 0 radical (unpaired) electrons. The van der Waals surface area contributed by atoms with Crippen molar-refractivity contribution in [3.8, 4) is 5.75 Å². The first-order valence-corrected chi connectivity index (χ1v) is 15.1. The number of carbonyl (C=O) groups excluding carboxylic acids is 3. The van der Waals surface area contributed by atoms with Gasteiger partial charge in [-0.1, -0.05) is 62.6 Å². The highest BCUT2D eigenvalue weighted by atomic mass is 16.5. The van der Waals surface area contributed by atoms with E-state index in [0.29, 0.717) is 30.1 Å². The summed E-state index contributed by atoms with van der Waals surface area (Å²) in [7, 11) is 0. The van der Waals surface area contributed by atoms with Gasteiger partial charge in [-0.15, -0.1) is 0 Å². The summed E-state index contributed by atoms with van der Waals surface area (Å²) < 4.78 is 7.02. The fourth-order valence-corrected chi connectivity index (χ4v) is 10.7. The van der Waals surface area contributed by atoms with Crippen LogP contribution in [0.3, 0.4) is 0 Å². The molecule has 206 valence electrons. The van der Waals surface area contributed by atoms with Gasteiger partial charge in [0.25, 0.3) is 0 Å². The standard InChI is InChI=1S/C34H41NO4/c1-15-11-16(2)24-22(12-15)25-19(5)28-18(4)17(3)14-34(28,6)29-27(25)31(24)39-21-9-7-20(8-10-21)13-23-26(30(29)36)33(38)35-32(23)37/h7-10,14-16,18,22-27,29,31H,11-13H2,1-6H3,(H,35,37,38)/t15-,16+,18+,22-,23+,24-,25+,26-,27+,29-,31-,34+/m1/s1. The van der Waals surface area contributed by atoms with E-state index >= 15 is 4.79 Å². The van der Waals surface area contributed by atoms with E-state index in [1.54, 1.807) is 0 Å². The highest BCUT2D eigenvalue weighted by Gasteiger charge is 2.67. The number of hydrogen-bond acceptors (Lipinski definition) is 4. The Balaban J connectivity index is 1.49. The molecule has 5 heteroatoms. The lowest BCUT2D eigenvalue weighted by Crippen LogP contribution is -2.52. The Morgan fingerprint density at radius 3 is 2.38 bits per heavy atom. The summed E-state index contributed by atoms with van der Waals surface area (Å²) in [6.45, 7) is 13.8. The molecule has 1 N–H and O–H groups in total. The summed E-state index contributed by atoms with van der Waals surface area (Å²) in [5, 5.41) is 2.55. The van der Waals surface area contributed by atoms with E-state index < -0.39 is 29.1 Å². The zero-order chi connectivity index (χ0) is 27.5. The normalized spacial score (nSPS) is 46.4. The number of nitrogens with one attached hydrogen (secondary N) is 1. The third-order valence-electron chi connectivity index (χ3n) is 11.9. The third kappa shape index (κ3) is 3.34. The van der Waals surface area contributed by atoms with Gasteiger partial charge < -0.3 is 4.74 Å². The van der Waals surface area contributed by atoms with Gasteiger partial charge in [0.1, 0.15) is 17.8 Å². The molecule has 0 aromatic heterocycles. The van der Waals surface area contributed by atoms with Crippen molar-refractivity contribution in [2.45, 2.75) is 66.9 Å². The van der Waals surface area contributed by atoms with E-state index in [2.05, 4.69) is 52.9 Å². The van der Waals surface area contributed by atoms with Crippen LogP contribution in [0.2, 0.25) is 0 Å². The summed E-state index contributed by atoms with van der Waals surface area (Å²) in [5.74, 6) is 0.416. The fourth-order valence-electron chi connectivity index (χ4n) is 10.7. The Hall–Kier alpha value is -2.69. The number of hydrogen-bond donors (Lipinski definition) is 1. The summed E-state index contributed by atoms with van der Waals surface area (Å²) in [6.07, 6.45) is 4.90. The van der Waals surface area contributed by atoms with Crippen molar-refractivity contribution in [3.05, 3.63) is 52.6 Å². The molecule has 1 saturated heterocycles. The molecule has 5 nitrogen and oxygen atoms in total. The second kappa shape index (κ2) is 8.41. The number of allylic oxidation sites excluding steroid dienone is 4. The maximum atomic E-state index is 15.0. The molecule has 0 unspecified atom stereocenters. The number of carbonyl (C=O) groups is 3. The number of imide groups is 1. The molecule has 8 rings (SSSR count).